The summed E-state index contributed by atoms with van der Waals surface area (Å²) < 4.78 is 17.8. The number of nitrogens with zero attached hydrogens (tertiary/aromatic N) is 2. The van der Waals surface area contributed by atoms with E-state index >= 15 is 0 Å². The Labute approximate surface area is 205 Å². The summed E-state index contributed by atoms with van der Waals surface area (Å²) >= 11 is 0. The van der Waals surface area contributed by atoms with E-state index in [0.29, 0.717) is 6.61 Å². The molecule has 2 heterocycles. The lowest BCUT2D eigenvalue weighted by Crippen LogP contribution is -2.33. The Hall–Kier alpha value is -4.25. The van der Waals surface area contributed by atoms with Crippen molar-refractivity contribution in [3.8, 4) is 17.2 Å². The Bertz CT molecular complexity index is 1330. The van der Waals surface area contributed by atoms with Gasteiger partial charge in [-0.2, -0.15) is 5.10 Å². The van der Waals surface area contributed by atoms with E-state index < -0.39 is 0 Å². The maximum atomic E-state index is 6.48. The Kier molecular flexibility index (Phi) is 5.59. The van der Waals surface area contributed by atoms with Crippen LogP contribution in [-0.2, 0) is 6.61 Å². The van der Waals surface area contributed by atoms with Gasteiger partial charge in [0.05, 0.1) is 18.9 Å². The first-order valence-corrected chi connectivity index (χ1v) is 11.8. The molecular formula is C30H26N2O3. The fraction of sp³-hybridized carbons (Fsp3) is 0.167. The van der Waals surface area contributed by atoms with E-state index in [2.05, 4.69) is 53.5 Å². The summed E-state index contributed by atoms with van der Waals surface area (Å²) in [4.78, 5) is 0. The highest BCUT2D eigenvalue weighted by Gasteiger charge is 2.40. The van der Waals surface area contributed by atoms with Crippen molar-refractivity contribution >= 4 is 5.71 Å². The standard InChI is InChI=1S/C30H26N2O3/c1-33-24-15-11-22(12-16-24)27-19-28-26-9-5-6-10-29(26)35-30(32(28)31-27)23-13-17-25(18-14-23)34-20-21-7-3-2-4-8-21/h2-18,28,30H,19-20H2,1H3/t28-,30+/m0/s1. The van der Waals surface area contributed by atoms with Crippen LogP contribution in [-0.4, -0.2) is 17.8 Å². The highest BCUT2D eigenvalue weighted by Crippen LogP contribution is 2.47. The molecule has 174 valence electrons. The van der Waals surface area contributed by atoms with Crippen LogP contribution >= 0.6 is 0 Å². The maximum absolute atomic E-state index is 6.48. The number of hydrazone groups is 1. The normalized spacial score (nSPS) is 18.2. The van der Waals surface area contributed by atoms with E-state index in [1.165, 1.54) is 5.56 Å². The van der Waals surface area contributed by atoms with Crippen molar-refractivity contribution in [2.45, 2.75) is 25.3 Å². The maximum Gasteiger partial charge on any atom is 0.213 e. The highest BCUT2D eigenvalue weighted by molar-refractivity contribution is 6.02. The number of rotatable bonds is 6. The molecule has 0 bridgehead atoms. The molecule has 0 spiro atoms. The van der Waals surface area contributed by atoms with Crippen molar-refractivity contribution < 1.29 is 14.2 Å². The molecule has 0 saturated carbocycles. The molecule has 0 N–H and O–H groups in total. The quantitative estimate of drug-likeness (QED) is 0.327. The van der Waals surface area contributed by atoms with Crippen LogP contribution in [0.15, 0.2) is 108 Å². The average Bonchev–Trinajstić information content (AvgIpc) is 3.38. The molecule has 2 aliphatic rings. The van der Waals surface area contributed by atoms with Gasteiger partial charge in [0.25, 0.3) is 0 Å². The molecule has 35 heavy (non-hydrogen) atoms. The molecule has 4 aromatic rings. The van der Waals surface area contributed by atoms with Crippen LogP contribution in [0.1, 0.15) is 40.9 Å². The molecule has 0 amide bonds. The van der Waals surface area contributed by atoms with Crippen LogP contribution < -0.4 is 14.2 Å². The third-order valence-electron chi connectivity index (χ3n) is 6.54. The van der Waals surface area contributed by atoms with Crippen LogP contribution in [0.2, 0.25) is 0 Å². The number of para-hydroxylation sites is 1. The van der Waals surface area contributed by atoms with Gasteiger partial charge in [0.2, 0.25) is 6.23 Å². The molecule has 6 rings (SSSR count). The van der Waals surface area contributed by atoms with Crippen molar-refractivity contribution in [2.75, 3.05) is 7.11 Å². The third kappa shape index (κ3) is 4.21. The monoisotopic (exact) mass is 462 g/mol. The van der Waals surface area contributed by atoms with Crippen molar-refractivity contribution in [2.24, 2.45) is 5.10 Å². The molecule has 0 aliphatic carbocycles. The first-order valence-electron chi connectivity index (χ1n) is 11.8. The summed E-state index contributed by atoms with van der Waals surface area (Å²) in [7, 11) is 1.68. The van der Waals surface area contributed by atoms with E-state index in [9.17, 15) is 0 Å². The van der Waals surface area contributed by atoms with Crippen LogP contribution in [0.5, 0.6) is 17.2 Å². The van der Waals surface area contributed by atoms with Crippen molar-refractivity contribution in [1.29, 1.82) is 0 Å². The van der Waals surface area contributed by atoms with Gasteiger partial charge >= 0.3 is 0 Å². The van der Waals surface area contributed by atoms with Crippen LogP contribution in [0.25, 0.3) is 0 Å². The average molecular weight is 463 g/mol. The molecule has 0 saturated heterocycles. The molecule has 4 aromatic carbocycles. The second kappa shape index (κ2) is 9.18. The Balaban J connectivity index is 1.27. The Morgan fingerprint density at radius 2 is 1.54 bits per heavy atom. The first-order chi connectivity index (χ1) is 17.3. The van der Waals surface area contributed by atoms with Gasteiger partial charge in [-0.05, 0) is 65.7 Å². The fourth-order valence-electron chi connectivity index (χ4n) is 4.68. The van der Waals surface area contributed by atoms with Crippen LogP contribution in [0, 0.1) is 0 Å². The number of ether oxygens (including phenoxy) is 3. The third-order valence-corrected chi connectivity index (χ3v) is 6.54. The SMILES string of the molecule is COc1ccc(C2=NN3[C@@H](c4ccc(OCc5ccccc5)cc4)Oc4ccccc4[C@@H]3C2)cc1. The van der Waals surface area contributed by atoms with Gasteiger partial charge in [0, 0.05) is 17.5 Å². The van der Waals surface area contributed by atoms with E-state index in [1.54, 1.807) is 7.11 Å². The van der Waals surface area contributed by atoms with Gasteiger partial charge in [0.1, 0.15) is 23.9 Å². The van der Waals surface area contributed by atoms with E-state index in [-0.39, 0.29) is 12.3 Å². The lowest BCUT2D eigenvalue weighted by Gasteiger charge is -2.38. The van der Waals surface area contributed by atoms with Gasteiger partial charge < -0.3 is 14.2 Å². The molecule has 0 unspecified atom stereocenters. The van der Waals surface area contributed by atoms with Crippen molar-refractivity contribution in [3.63, 3.8) is 0 Å². The second-order valence-corrected chi connectivity index (χ2v) is 8.73. The minimum atomic E-state index is -0.311. The van der Waals surface area contributed by atoms with Gasteiger partial charge in [-0.25, -0.2) is 5.01 Å². The summed E-state index contributed by atoms with van der Waals surface area (Å²) in [5.74, 6) is 2.58. The number of fused-ring (bicyclic) bond motifs is 3. The molecule has 5 heteroatoms. The first kappa shape index (κ1) is 21.3. The molecular weight excluding hydrogens is 436 g/mol. The van der Waals surface area contributed by atoms with Crippen molar-refractivity contribution in [1.82, 2.24) is 5.01 Å². The summed E-state index contributed by atoms with van der Waals surface area (Å²) in [6, 6.07) is 34.8. The largest absolute Gasteiger partial charge is 0.497 e. The zero-order valence-electron chi connectivity index (χ0n) is 19.5. The summed E-state index contributed by atoms with van der Waals surface area (Å²) in [5.41, 5.74) is 5.49. The number of hydrogen-bond acceptors (Lipinski definition) is 5. The van der Waals surface area contributed by atoms with Gasteiger partial charge in [0.15, 0.2) is 0 Å². The number of methoxy groups -OCH3 is 1. The second-order valence-electron chi connectivity index (χ2n) is 8.73. The molecule has 0 fully saturated rings. The van der Waals surface area contributed by atoms with Crippen LogP contribution in [0.3, 0.4) is 0 Å². The summed E-state index contributed by atoms with van der Waals surface area (Å²) in [6.45, 7) is 0.539. The van der Waals surface area contributed by atoms with Crippen molar-refractivity contribution in [3.05, 3.63) is 125 Å². The molecule has 0 radical (unpaired) electrons. The summed E-state index contributed by atoms with van der Waals surface area (Å²) in [6.07, 6.45) is 0.510. The molecule has 2 aliphatic heterocycles. The van der Waals surface area contributed by atoms with E-state index in [1.807, 2.05) is 54.6 Å². The topological polar surface area (TPSA) is 43.3 Å². The zero-order chi connectivity index (χ0) is 23.6. The van der Waals surface area contributed by atoms with Gasteiger partial charge in [-0.15, -0.1) is 0 Å². The predicted molar refractivity (Wildman–Crippen MR) is 136 cm³/mol. The smallest absolute Gasteiger partial charge is 0.213 e. The summed E-state index contributed by atoms with van der Waals surface area (Å²) in [5, 5.41) is 7.14. The predicted octanol–water partition coefficient (Wildman–Crippen LogP) is 6.52. The minimum absolute atomic E-state index is 0.121. The Morgan fingerprint density at radius 1 is 0.829 bits per heavy atom. The lowest BCUT2D eigenvalue weighted by molar-refractivity contribution is -0.0190. The molecule has 0 aromatic heterocycles. The lowest BCUT2D eigenvalue weighted by atomic mass is 9.96. The van der Waals surface area contributed by atoms with E-state index in [0.717, 1.165) is 46.1 Å². The van der Waals surface area contributed by atoms with Gasteiger partial charge in [-0.1, -0.05) is 48.5 Å². The zero-order valence-corrected chi connectivity index (χ0v) is 19.5. The number of benzene rings is 4. The molecule has 5 nitrogen and oxygen atoms in total. The van der Waals surface area contributed by atoms with Gasteiger partial charge in [-0.3, -0.25) is 0 Å². The molecule has 2 atom stereocenters. The number of hydrogen-bond donors (Lipinski definition) is 0. The fourth-order valence-corrected chi connectivity index (χ4v) is 4.68. The van der Waals surface area contributed by atoms with E-state index in [4.69, 9.17) is 19.3 Å². The highest BCUT2D eigenvalue weighted by atomic mass is 16.5. The Morgan fingerprint density at radius 3 is 2.31 bits per heavy atom. The van der Waals surface area contributed by atoms with Crippen LogP contribution in [0.4, 0.5) is 0 Å². The minimum Gasteiger partial charge on any atom is -0.497 e.